The van der Waals surface area contributed by atoms with E-state index in [4.69, 9.17) is 19.9 Å². The van der Waals surface area contributed by atoms with Crippen molar-refractivity contribution >= 4 is 5.96 Å². The van der Waals surface area contributed by atoms with Crippen molar-refractivity contribution in [2.75, 3.05) is 27.9 Å². The van der Waals surface area contributed by atoms with Gasteiger partial charge < -0.3 is 25.3 Å². The molecule has 6 nitrogen and oxygen atoms in total. The number of hydrogen-bond donors (Lipinski definition) is 2. The Morgan fingerprint density at radius 3 is 2.48 bits per heavy atom. The highest BCUT2D eigenvalue weighted by Gasteiger charge is 2.05. The standard InChI is InChI=1S/C20H26FN3O3/c1-25-13-16-10-15(4-6-17(16)21)12-24-20(22)23-9-8-14-5-7-18(26-2)19(11-14)27-3/h4-7,10-11H,8-9,12-13H2,1-3H3,(H3,22,23,24). The Morgan fingerprint density at radius 2 is 1.78 bits per heavy atom. The van der Waals surface area contributed by atoms with E-state index < -0.39 is 0 Å². The number of guanidine groups is 1. The molecule has 0 aliphatic carbocycles. The van der Waals surface area contributed by atoms with Crippen molar-refractivity contribution in [1.82, 2.24) is 5.32 Å². The molecule has 146 valence electrons. The molecule has 0 bridgehead atoms. The smallest absolute Gasteiger partial charge is 0.188 e. The van der Waals surface area contributed by atoms with Crippen molar-refractivity contribution in [2.45, 2.75) is 19.6 Å². The third-order valence-electron chi connectivity index (χ3n) is 4.01. The third-order valence-corrected chi connectivity index (χ3v) is 4.01. The van der Waals surface area contributed by atoms with E-state index in [9.17, 15) is 4.39 Å². The molecular formula is C20H26FN3O3. The van der Waals surface area contributed by atoms with Gasteiger partial charge in [0.05, 0.1) is 27.4 Å². The predicted molar refractivity (Wildman–Crippen MR) is 104 cm³/mol. The Hall–Kier alpha value is -2.80. The van der Waals surface area contributed by atoms with Crippen LogP contribution in [0.4, 0.5) is 4.39 Å². The van der Waals surface area contributed by atoms with Crippen molar-refractivity contribution in [3.63, 3.8) is 0 Å². The summed E-state index contributed by atoms with van der Waals surface area (Å²) in [4.78, 5) is 4.29. The van der Waals surface area contributed by atoms with Gasteiger partial charge in [0, 0.05) is 19.2 Å². The van der Waals surface area contributed by atoms with Crippen LogP contribution in [0, 0.1) is 5.82 Å². The zero-order valence-corrected chi connectivity index (χ0v) is 15.9. The molecule has 0 unspecified atom stereocenters. The molecule has 0 heterocycles. The molecular weight excluding hydrogens is 349 g/mol. The summed E-state index contributed by atoms with van der Waals surface area (Å²) in [5, 5.41) is 3.08. The van der Waals surface area contributed by atoms with Gasteiger partial charge in [0.25, 0.3) is 0 Å². The second-order valence-corrected chi connectivity index (χ2v) is 5.93. The molecule has 0 amide bonds. The van der Waals surface area contributed by atoms with E-state index in [2.05, 4.69) is 10.3 Å². The molecule has 0 saturated carbocycles. The second-order valence-electron chi connectivity index (χ2n) is 5.93. The maximum absolute atomic E-state index is 13.6. The van der Waals surface area contributed by atoms with Gasteiger partial charge in [-0.1, -0.05) is 12.1 Å². The Bertz CT molecular complexity index is 781. The summed E-state index contributed by atoms with van der Waals surface area (Å²) in [6.07, 6.45) is 0.755. The van der Waals surface area contributed by atoms with Crippen LogP contribution >= 0.6 is 0 Å². The van der Waals surface area contributed by atoms with Crippen LogP contribution in [0.2, 0.25) is 0 Å². The lowest BCUT2D eigenvalue weighted by Gasteiger charge is -2.10. The summed E-state index contributed by atoms with van der Waals surface area (Å²) < 4.78 is 29.1. The van der Waals surface area contributed by atoms with Crippen molar-refractivity contribution in [1.29, 1.82) is 0 Å². The van der Waals surface area contributed by atoms with Gasteiger partial charge in [-0.25, -0.2) is 9.38 Å². The molecule has 0 aliphatic rings. The Balaban J connectivity index is 1.87. The molecule has 0 atom stereocenters. The summed E-state index contributed by atoms with van der Waals surface area (Å²) in [5.74, 6) is 1.45. The normalized spacial score (nSPS) is 11.3. The van der Waals surface area contributed by atoms with Crippen LogP contribution in [0.1, 0.15) is 16.7 Å². The average molecular weight is 375 g/mol. The largest absolute Gasteiger partial charge is 0.493 e. The number of nitrogens with zero attached hydrogens (tertiary/aromatic N) is 1. The number of ether oxygens (including phenoxy) is 3. The van der Waals surface area contributed by atoms with Crippen LogP contribution in [0.25, 0.3) is 0 Å². The van der Waals surface area contributed by atoms with E-state index in [1.165, 1.54) is 13.2 Å². The van der Waals surface area contributed by atoms with Gasteiger partial charge >= 0.3 is 0 Å². The molecule has 7 heteroatoms. The molecule has 0 saturated heterocycles. The van der Waals surface area contributed by atoms with Gasteiger partial charge in [-0.05, 0) is 41.8 Å². The van der Waals surface area contributed by atoms with Gasteiger partial charge in [-0.2, -0.15) is 0 Å². The zero-order chi connectivity index (χ0) is 19.6. The average Bonchev–Trinajstić information content (AvgIpc) is 2.68. The fraction of sp³-hybridized carbons (Fsp3) is 0.350. The number of halogens is 1. The SMILES string of the molecule is COCc1cc(CN=C(N)NCCc2ccc(OC)c(OC)c2)ccc1F. The van der Waals surface area contributed by atoms with Crippen LogP contribution in [-0.4, -0.2) is 33.8 Å². The molecule has 0 fully saturated rings. The molecule has 0 aromatic heterocycles. The van der Waals surface area contributed by atoms with Crippen molar-refractivity contribution in [2.24, 2.45) is 10.7 Å². The quantitative estimate of drug-likeness (QED) is 0.520. The number of aliphatic imine (C=N–C) groups is 1. The first-order chi connectivity index (χ1) is 13.1. The fourth-order valence-electron chi connectivity index (χ4n) is 2.60. The fourth-order valence-corrected chi connectivity index (χ4v) is 2.60. The van der Waals surface area contributed by atoms with Crippen LogP contribution in [0.15, 0.2) is 41.4 Å². The topological polar surface area (TPSA) is 78.1 Å². The lowest BCUT2D eigenvalue weighted by atomic mass is 10.1. The minimum atomic E-state index is -0.286. The second kappa shape index (κ2) is 10.4. The molecule has 27 heavy (non-hydrogen) atoms. The number of methoxy groups -OCH3 is 3. The molecule has 2 aromatic carbocycles. The number of nitrogens with one attached hydrogen (secondary N) is 1. The van der Waals surface area contributed by atoms with E-state index in [0.717, 1.165) is 17.5 Å². The number of benzene rings is 2. The first kappa shape index (κ1) is 20.5. The monoisotopic (exact) mass is 375 g/mol. The lowest BCUT2D eigenvalue weighted by Crippen LogP contribution is -2.33. The minimum Gasteiger partial charge on any atom is -0.493 e. The lowest BCUT2D eigenvalue weighted by molar-refractivity contribution is 0.181. The van der Waals surface area contributed by atoms with E-state index in [1.54, 1.807) is 26.4 Å². The predicted octanol–water partition coefficient (Wildman–Crippen LogP) is 2.64. The minimum absolute atomic E-state index is 0.225. The first-order valence-electron chi connectivity index (χ1n) is 8.58. The molecule has 0 radical (unpaired) electrons. The molecule has 0 spiro atoms. The number of rotatable bonds is 9. The maximum atomic E-state index is 13.6. The van der Waals surface area contributed by atoms with E-state index in [0.29, 0.717) is 36.1 Å². The zero-order valence-electron chi connectivity index (χ0n) is 15.9. The number of nitrogens with two attached hydrogens (primary N) is 1. The van der Waals surface area contributed by atoms with Crippen molar-refractivity contribution < 1.29 is 18.6 Å². The van der Waals surface area contributed by atoms with Crippen LogP contribution in [-0.2, 0) is 24.3 Å². The van der Waals surface area contributed by atoms with E-state index in [-0.39, 0.29) is 12.4 Å². The Labute approximate surface area is 159 Å². The van der Waals surface area contributed by atoms with Crippen molar-refractivity contribution in [3.8, 4) is 11.5 Å². The highest BCUT2D eigenvalue weighted by Crippen LogP contribution is 2.27. The highest BCUT2D eigenvalue weighted by atomic mass is 19.1. The maximum Gasteiger partial charge on any atom is 0.188 e. The first-order valence-corrected chi connectivity index (χ1v) is 8.58. The van der Waals surface area contributed by atoms with Crippen molar-refractivity contribution in [3.05, 3.63) is 58.9 Å². The van der Waals surface area contributed by atoms with E-state index in [1.807, 2.05) is 18.2 Å². The molecule has 2 rings (SSSR count). The van der Waals surface area contributed by atoms with Gasteiger partial charge in [-0.15, -0.1) is 0 Å². The summed E-state index contributed by atoms with van der Waals surface area (Å²) >= 11 is 0. The molecule has 0 aliphatic heterocycles. The van der Waals surface area contributed by atoms with Crippen LogP contribution in [0.5, 0.6) is 11.5 Å². The van der Waals surface area contributed by atoms with Gasteiger partial charge in [0.1, 0.15) is 5.82 Å². The molecule has 3 N–H and O–H groups in total. The van der Waals surface area contributed by atoms with Gasteiger partial charge in [0.2, 0.25) is 0 Å². The van der Waals surface area contributed by atoms with Gasteiger partial charge in [-0.3, -0.25) is 0 Å². The summed E-state index contributed by atoms with van der Waals surface area (Å²) in [6, 6.07) is 10.6. The van der Waals surface area contributed by atoms with Crippen LogP contribution < -0.4 is 20.5 Å². The Kier molecular flexibility index (Phi) is 7.88. The van der Waals surface area contributed by atoms with Crippen LogP contribution in [0.3, 0.4) is 0 Å². The third kappa shape index (κ3) is 6.14. The van der Waals surface area contributed by atoms with Gasteiger partial charge in [0.15, 0.2) is 17.5 Å². The number of hydrogen-bond acceptors (Lipinski definition) is 4. The van der Waals surface area contributed by atoms with E-state index >= 15 is 0 Å². The molecule has 2 aromatic rings. The summed E-state index contributed by atoms with van der Waals surface area (Å²) in [5.41, 5.74) is 8.38. The summed E-state index contributed by atoms with van der Waals surface area (Å²) in [6.45, 7) is 1.22. The Morgan fingerprint density at radius 1 is 1.04 bits per heavy atom. The highest BCUT2D eigenvalue weighted by molar-refractivity contribution is 5.77. The summed E-state index contributed by atoms with van der Waals surface area (Å²) in [7, 11) is 4.75.